The first-order valence-corrected chi connectivity index (χ1v) is 13.5. The molecule has 1 N–H and O–H groups in total. The Labute approximate surface area is 215 Å². The summed E-state index contributed by atoms with van der Waals surface area (Å²) in [6.07, 6.45) is 3.50. The number of nitrogens with zero attached hydrogens (tertiary/aromatic N) is 2. The van der Waals surface area contributed by atoms with E-state index in [1.807, 2.05) is 0 Å². The standard InChI is InChI=1S/C26H28ClN3O5S/c1-29(18-22-5-4-16-35-22)26(32)20-9-7-19(8-10-20)17-30(24-6-2-3-15-28-25(24)31)36(33,34)23-13-11-21(27)12-14-23/h4-5,7-14,16,24H,2-3,6,15,17-18H2,1H3,(H,28,31)/t24-/m1/s1. The molecule has 0 bridgehead atoms. The number of carbonyl (C=O) groups excluding carboxylic acids is 2. The van der Waals surface area contributed by atoms with E-state index in [1.165, 1.54) is 28.6 Å². The van der Waals surface area contributed by atoms with Gasteiger partial charge >= 0.3 is 0 Å². The minimum absolute atomic E-state index is 0.0141. The Balaban J connectivity index is 1.58. The van der Waals surface area contributed by atoms with Crippen molar-refractivity contribution in [3.05, 3.63) is 88.8 Å². The van der Waals surface area contributed by atoms with Crippen LogP contribution in [-0.4, -0.2) is 49.1 Å². The van der Waals surface area contributed by atoms with Crippen LogP contribution in [0.15, 0.2) is 76.2 Å². The summed E-state index contributed by atoms with van der Waals surface area (Å²) in [7, 11) is -2.32. The van der Waals surface area contributed by atoms with E-state index >= 15 is 0 Å². The molecule has 0 aliphatic carbocycles. The van der Waals surface area contributed by atoms with E-state index in [4.69, 9.17) is 16.0 Å². The summed E-state index contributed by atoms with van der Waals surface area (Å²) in [6.45, 7) is 0.837. The van der Waals surface area contributed by atoms with Gasteiger partial charge in [0.1, 0.15) is 11.8 Å². The summed E-state index contributed by atoms with van der Waals surface area (Å²) in [5, 5.41) is 3.25. The Morgan fingerprint density at radius 1 is 1.06 bits per heavy atom. The third kappa shape index (κ3) is 5.98. The van der Waals surface area contributed by atoms with Crippen molar-refractivity contribution in [2.45, 2.75) is 43.3 Å². The molecule has 0 spiro atoms. The zero-order valence-corrected chi connectivity index (χ0v) is 21.5. The summed E-state index contributed by atoms with van der Waals surface area (Å²) in [4.78, 5) is 27.3. The Morgan fingerprint density at radius 2 is 1.78 bits per heavy atom. The molecule has 0 saturated carbocycles. The Hall–Kier alpha value is -3.14. The molecule has 2 aromatic carbocycles. The van der Waals surface area contributed by atoms with E-state index in [1.54, 1.807) is 54.6 Å². The predicted octanol–water partition coefficient (Wildman–Crippen LogP) is 4.06. The van der Waals surface area contributed by atoms with Gasteiger partial charge in [-0.3, -0.25) is 9.59 Å². The first-order chi connectivity index (χ1) is 17.3. The molecule has 8 nitrogen and oxygen atoms in total. The van der Waals surface area contributed by atoms with E-state index in [0.29, 0.717) is 41.4 Å². The molecule has 3 aromatic rings. The smallest absolute Gasteiger partial charge is 0.254 e. The summed E-state index contributed by atoms with van der Waals surface area (Å²) in [5.41, 5.74) is 1.13. The van der Waals surface area contributed by atoms with E-state index in [2.05, 4.69) is 5.32 Å². The number of furan rings is 1. The molecule has 2 amide bonds. The lowest BCUT2D eigenvalue weighted by atomic mass is 10.1. The number of halogens is 1. The first kappa shape index (κ1) is 25.9. The lowest BCUT2D eigenvalue weighted by Crippen LogP contribution is -2.48. The van der Waals surface area contributed by atoms with Crippen LogP contribution in [0.2, 0.25) is 5.02 Å². The molecule has 1 fully saturated rings. The third-order valence-corrected chi connectivity index (χ3v) is 8.25. The van der Waals surface area contributed by atoms with Crippen molar-refractivity contribution in [3.8, 4) is 0 Å². The minimum Gasteiger partial charge on any atom is -0.467 e. The molecule has 1 aliphatic heterocycles. The van der Waals surface area contributed by atoms with E-state index in [0.717, 1.165) is 12.8 Å². The van der Waals surface area contributed by atoms with Gasteiger partial charge < -0.3 is 14.6 Å². The van der Waals surface area contributed by atoms with Crippen LogP contribution in [0.1, 0.15) is 40.9 Å². The van der Waals surface area contributed by atoms with Crippen LogP contribution < -0.4 is 5.32 Å². The molecule has 0 radical (unpaired) electrons. The normalized spacial score (nSPS) is 16.4. The maximum absolute atomic E-state index is 13.7. The van der Waals surface area contributed by atoms with Crippen LogP contribution in [-0.2, 0) is 27.9 Å². The monoisotopic (exact) mass is 529 g/mol. The van der Waals surface area contributed by atoms with Gasteiger partial charge in [-0.15, -0.1) is 0 Å². The SMILES string of the molecule is CN(Cc1ccco1)C(=O)c1ccc(CN([C@@H]2CCCCNC2=O)S(=O)(=O)c2ccc(Cl)cc2)cc1. The number of hydrogen-bond donors (Lipinski definition) is 1. The molecular formula is C26H28ClN3O5S. The van der Waals surface area contributed by atoms with Crippen LogP contribution in [0.5, 0.6) is 0 Å². The number of amides is 2. The van der Waals surface area contributed by atoms with E-state index < -0.39 is 16.1 Å². The number of rotatable bonds is 8. The fourth-order valence-corrected chi connectivity index (χ4v) is 5.90. The van der Waals surface area contributed by atoms with Crippen molar-refractivity contribution in [1.29, 1.82) is 0 Å². The highest BCUT2D eigenvalue weighted by atomic mass is 35.5. The van der Waals surface area contributed by atoms with Crippen molar-refractivity contribution >= 4 is 33.4 Å². The predicted molar refractivity (Wildman–Crippen MR) is 136 cm³/mol. The zero-order valence-electron chi connectivity index (χ0n) is 19.9. The molecule has 36 heavy (non-hydrogen) atoms. The summed E-state index contributed by atoms with van der Waals surface area (Å²) in [6, 6.07) is 15.4. The lowest BCUT2D eigenvalue weighted by Gasteiger charge is -2.29. The Morgan fingerprint density at radius 3 is 2.44 bits per heavy atom. The highest BCUT2D eigenvalue weighted by Gasteiger charge is 2.36. The minimum atomic E-state index is -4.01. The van der Waals surface area contributed by atoms with Crippen LogP contribution >= 0.6 is 11.6 Å². The number of benzene rings is 2. The fraction of sp³-hybridized carbons (Fsp3) is 0.308. The zero-order chi connectivity index (χ0) is 25.7. The number of hydrogen-bond acceptors (Lipinski definition) is 5. The van der Waals surface area contributed by atoms with Crippen LogP contribution in [0.3, 0.4) is 0 Å². The second-order valence-corrected chi connectivity index (χ2v) is 11.1. The number of sulfonamides is 1. The van der Waals surface area contributed by atoms with E-state index in [-0.39, 0.29) is 23.3 Å². The van der Waals surface area contributed by atoms with Crippen LogP contribution in [0.4, 0.5) is 0 Å². The molecule has 1 atom stereocenters. The maximum Gasteiger partial charge on any atom is 0.254 e. The Kier molecular flexibility index (Phi) is 8.13. The summed E-state index contributed by atoms with van der Waals surface area (Å²) in [5.74, 6) is 0.176. The van der Waals surface area contributed by atoms with Crippen LogP contribution in [0.25, 0.3) is 0 Å². The molecule has 190 valence electrons. The van der Waals surface area contributed by atoms with Crippen molar-refractivity contribution in [2.75, 3.05) is 13.6 Å². The van der Waals surface area contributed by atoms with Gasteiger partial charge in [-0.2, -0.15) is 4.31 Å². The molecular weight excluding hydrogens is 502 g/mol. The van der Waals surface area contributed by atoms with E-state index in [9.17, 15) is 18.0 Å². The van der Waals surface area contributed by atoms with Gasteiger partial charge in [0.25, 0.3) is 5.91 Å². The second kappa shape index (κ2) is 11.3. The fourth-order valence-electron chi connectivity index (χ4n) is 4.16. The molecule has 2 heterocycles. The van der Waals surface area contributed by atoms with Gasteiger partial charge in [-0.25, -0.2) is 8.42 Å². The largest absolute Gasteiger partial charge is 0.467 e. The maximum atomic E-state index is 13.7. The van der Waals surface area contributed by atoms with Gasteiger partial charge in [0.2, 0.25) is 15.9 Å². The van der Waals surface area contributed by atoms with Crippen molar-refractivity contribution < 1.29 is 22.4 Å². The van der Waals surface area contributed by atoms with Gasteiger partial charge in [-0.05, 0) is 73.4 Å². The third-order valence-electron chi connectivity index (χ3n) is 6.13. The molecule has 1 aromatic heterocycles. The van der Waals surface area contributed by atoms with Gasteiger partial charge in [0, 0.05) is 30.7 Å². The highest BCUT2D eigenvalue weighted by Crippen LogP contribution is 2.26. The molecule has 1 aliphatic rings. The molecule has 0 unspecified atom stereocenters. The summed E-state index contributed by atoms with van der Waals surface area (Å²) >= 11 is 5.96. The highest BCUT2D eigenvalue weighted by molar-refractivity contribution is 7.89. The quantitative estimate of drug-likeness (QED) is 0.474. The first-order valence-electron chi connectivity index (χ1n) is 11.7. The van der Waals surface area contributed by atoms with Crippen molar-refractivity contribution in [3.63, 3.8) is 0 Å². The van der Waals surface area contributed by atoms with Crippen molar-refractivity contribution in [1.82, 2.24) is 14.5 Å². The van der Waals surface area contributed by atoms with Crippen LogP contribution in [0, 0.1) is 0 Å². The number of nitrogens with one attached hydrogen (secondary N) is 1. The van der Waals surface area contributed by atoms with Gasteiger partial charge in [-0.1, -0.05) is 23.7 Å². The average molecular weight is 530 g/mol. The molecule has 4 rings (SSSR count). The van der Waals surface area contributed by atoms with Crippen molar-refractivity contribution in [2.24, 2.45) is 0 Å². The lowest BCUT2D eigenvalue weighted by molar-refractivity contribution is -0.124. The molecule has 1 saturated heterocycles. The van der Waals surface area contributed by atoms with Gasteiger partial charge in [0.05, 0.1) is 17.7 Å². The Bertz CT molecular complexity index is 1290. The molecule has 10 heteroatoms. The topological polar surface area (TPSA) is 99.9 Å². The summed E-state index contributed by atoms with van der Waals surface area (Å²) < 4.78 is 33.9. The number of carbonyl (C=O) groups is 2. The second-order valence-electron chi connectivity index (χ2n) is 8.74. The average Bonchev–Trinajstić information content (AvgIpc) is 3.29. The van der Waals surface area contributed by atoms with Gasteiger partial charge in [0.15, 0.2) is 0 Å².